The Morgan fingerprint density at radius 1 is 1.29 bits per heavy atom. The summed E-state index contributed by atoms with van der Waals surface area (Å²) in [6.45, 7) is 14.1. The van der Waals surface area contributed by atoms with E-state index in [4.69, 9.17) is 0 Å². The minimum atomic E-state index is 0.189. The first kappa shape index (κ1) is 16.5. The van der Waals surface area contributed by atoms with Crippen LogP contribution in [0, 0.1) is 5.92 Å². The third-order valence-electron chi connectivity index (χ3n) is 5.12. The highest BCUT2D eigenvalue weighted by atomic mass is 15.1. The van der Waals surface area contributed by atoms with Crippen molar-refractivity contribution in [1.29, 1.82) is 0 Å². The second kappa shape index (κ2) is 7.42. The van der Waals surface area contributed by atoms with E-state index in [1.54, 1.807) is 0 Å². The summed E-state index contributed by atoms with van der Waals surface area (Å²) in [5.74, 6) is 0.797. The number of benzene rings is 1. The zero-order valence-corrected chi connectivity index (χ0v) is 14.2. The molecular weight excluding hydrogens is 256 g/mol. The lowest BCUT2D eigenvalue weighted by Crippen LogP contribution is -2.47. The van der Waals surface area contributed by atoms with E-state index < -0.39 is 0 Å². The van der Waals surface area contributed by atoms with Crippen molar-refractivity contribution in [2.75, 3.05) is 26.2 Å². The van der Waals surface area contributed by atoms with Gasteiger partial charge in [-0.15, -0.1) is 0 Å². The summed E-state index contributed by atoms with van der Waals surface area (Å²) < 4.78 is 0. The number of rotatable bonds is 6. The van der Waals surface area contributed by atoms with Crippen molar-refractivity contribution in [3.8, 4) is 0 Å². The summed E-state index contributed by atoms with van der Waals surface area (Å²) in [5.41, 5.74) is 1.61. The lowest BCUT2D eigenvalue weighted by atomic mass is 9.83. The van der Waals surface area contributed by atoms with Crippen molar-refractivity contribution in [2.45, 2.75) is 52.0 Å². The second-order valence-corrected chi connectivity index (χ2v) is 7.22. The van der Waals surface area contributed by atoms with E-state index in [0.29, 0.717) is 6.04 Å². The van der Waals surface area contributed by atoms with Crippen LogP contribution >= 0.6 is 0 Å². The molecule has 0 spiro atoms. The van der Waals surface area contributed by atoms with Crippen molar-refractivity contribution >= 4 is 0 Å². The van der Waals surface area contributed by atoms with Gasteiger partial charge in [0.25, 0.3) is 0 Å². The van der Waals surface area contributed by atoms with Crippen molar-refractivity contribution in [3.05, 3.63) is 35.9 Å². The smallest absolute Gasteiger partial charge is 0.00795 e. The molecule has 2 heteroatoms. The standard InChI is InChI=1S/C19H32N2/c1-5-21-13-9-10-17(14-21)16(2)20-15-19(3,4)18-11-7-6-8-12-18/h6-8,11-12,16-17,20H,5,9-10,13-15H2,1-4H3. The van der Waals surface area contributed by atoms with E-state index in [-0.39, 0.29) is 5.41 Å². The lowest BCUT2D eigenvalue weighted by Gasteiger charge is -2.37. The fourth-order valence-electron chi connectivity index (χ4n) is 3.36. The molecule has 1 saturated heterocycles. The van der Waals surface area contributed by atoms with Crippen LogP contribution in [0.4, 0.5) is 0 Å². The van der Waals surface area contributed by atoms with Gasteiger partial charge in [0.1, 0.15) is 0 Å². The number of nitrogens with zero attached hydrogens (tertiary/aromatic N) is 1. The van der Waals surface area contributed by atoms with Gasteiger partial charge in [-0.1, -0.05) is 51.1 Å². The van der Waals surface area contributed by atoms with Crippen molar-refractivity contribution in [3.63, 3.8) is 0 Å². The van der Waals surface area contributed by atoms with Crippen LogP contribution in [0.3, 0.4) is 0 Å². The fourth-order valence-corrected chi connectivity index (χ4v) is 3.36. The quantitative estimate of drug-likeness (QED) is 0.859. The molecule has 1 aromatic carbocycles. The van der Waals surface area contributed by atoms with Crippen molar-refractivity contribution < 1.29 is 0 Å². The zero-order valence-electron chi connectivity index (χ0n) is 14.2. The molecule has 0 radical (unpaired) electrons. The fraction of sp³-hybridized carbons (Fsp3) is 0.684. The second-order valence-electron chi connectivity index (χ2n) is 7.22. The Kier molecular flexibility index (Phi) is 5.83. The molecule has 0 saturated carbocycles. The van der Waals surface area contributed by atoms with Crippen LogP contribution in [0.2, 0.25) is 0 Å². The van der Waals surface area contributed by atoms with Gasteiger partial charge >= 0.3 is 0 Å². The van der Waals surface area contributed by atoms with Crippen LogP contribution in [0.5, 0.6) is 0 Å². The van der Waals surface area contributed by atoms with Gasteiger partial charge in [-0.25, -0.2) is 0 Å². The Balaban J connectivity index is 1.87. The lowest BCUT2D eigenvalue weighted by molar-refractivity contribution is 0.155. The Morgan fingerprint density at radius 3 is 2.67 bits per heavy atom. The molecule has 0 bridgehead atoms. The normalized spacial score (nSPS) is 22.2. The Morgan fingerprint density at radius 2 is 2.00 bits per heavy atom. The van der Waals surface area contributed by atoms with Crippen LogP contribution in [0.1, 0.15) is 46.1 Å². The zero-order chi connectivity index (χ0) is 15.3. The molecule has 2 unspecified atom stereocenters. The van der Waals surface area contributed by atoms with E-state index in [2.05, 4.69) is 68.2 Å². The number of likely N-dealkylation sites (tertiary alicyclic amines) is 1. The SMILES string of the molecule is CCN1CCCC(C(C)NCC(C)(C)c2ccccc2)C1. The van der Waals surface area contributed by atoms with Crippen LogP contribution < -0.4 is 5.32 Å². The van der Waals surface area contributed by atoms with Gasteiger partial charge < -0.3 is 10.2 Å². The third-order valence-corrected chi connectivity index (χ3v) is 5.12. The molecule has 0 aliphatic carbocycles. The predicted molar refractivity (Wildman–Crippen MR) is 91.8 cm³/mol. The molecule has 1 aliphatic heterocycles. The minimum absolute atomic E-state index is 0.189. The highest BCUT2D eigenvalue weighted by Gasteiger charge is 2.26. The third kappa shape index (κ3) is 4.55. The van der Waals surface area contributed by atoms with Gasteiger partial charge in [0.15, 0.2) is 0 Å². The molecule has 118 valence electrons. The van der Waals surface area contributed by atoms with Crippen molar-refractivity contribution in [1.82, 2.24) is 10.2 Å². The van der Waals surface area contributed by atoms with E-state index in [9.17, 15) is 0 Å². The number of hydrogen-bond donors (Lipinski definition) is 1. The number of piperidine rings is 1. The largest absolute Gasteiger partial charge is 0.313 e. The van der Waals surface area contributed by atoms with E-state index in [0.717, 1.165) is 12.5 Å². The maximum absolute atomic E-state index is 3.81. The van der Waals surface area contributed by atoms with Gasteiger partial charge in [-0.3, -0.25) is 0 Å². The van der Waals surface area contributed by atoms with Gasteiger partial charge in [0.2, 0.25) is 0 Å². The van der Waals surface area contributed by atoms with Gasteiger partial charge in [-0.05, 0) is 44.3 Å². The summed E-state index contributed by atoms with van der Waals surface area (Å²) in [4.78, 5) is 2.59. The average Bonchev–Trinajstić information content (AvgIpc) is 2.53. The molecule has 2 rings (SSSR count). The molecule has 1 heterocycles. The Hall–Kier alpha value is -0.860. The molecule has 1 N–H and O–H groups in total. The summed E-state index contributed by atoms with van der Waals surface area (Å²) in [6, 6.07) is 11.5. The molecule has 1 aliphatic rings. The average molecular weight is 288 g/mol. The maximum Gasteiger partial charge on any atom is 0.00795 e. The molecule has 1 aromatic rings. The molecule has 2 atom stereocenters. The van der Waals surface area contributed by atoms with Crippen LogP contribution in [0.15, 0.2) is 30.3 Å². The molecule has 21 heavy (non-hydrogen) atoms. The van der Waals surface area contributed by atoms with Gasteiger partial charge in [-0.2, -0.15) is 0 Å². The van der Waals surface area contributed by atoms with Crippen LogP contribution in [0.25, 0.3) is 0 Å². The van der Waals surface area contributed by atoms with E-state index in [1.165, 1.54) is 38.0 Å². The first-order chi connectivity index (χ1) is 10.0. The first-order valence-electron chi connectivity index (χ1n) is 8.54. The number of nitrogens with one attached hydrogen (secondary N) is 1. The molecule has 2 nitrogen and oxygen atoms in total. The Bertz CT molecular complexity index is 413. The molecular formula is C19H32N2. The monoisotopic (exact) mass is 288 g/mol. The van der Waals surface area contributed by atoms with Gasteiger partial charge in [0, 0.05) is 24.5 Å². The maximum atomic E-state index is 3.81. The Labute approximate surface area is 130 Å². The topological polar surface area (TPSA) is 15.3 Å². The molecule has 0 amide bonds. The molecule has 1 fully saturated rings. The highest BCUT2D eigenvalue weighted by Crippen LogP contribution is 2.24. The predicted octanol–water partition coefficient (Wildman–Crippen LogP) is 3.67. The van der Waals surface area contributed by atoms with E-state index in [1.807, 2.05) is 0 Å². The highest BCUT2D eigenvalue weighted by molar-refractivity contribution is 5.23. The van der Waals surface area contributed by atoms with E-state index >= 15 is 0 Å². The molecule has 0 aromatic heterocycles. The van der Waals surface area contributed by atoms with Crippen molar-refractivity contribution in [2.24, 2.45) is 5.92 Å². The summed E-state index contributed by atoms with van der Waals surface area (Å²) in [6.07, 6.45) is 2.73. The summed E-state index contributed by atoms with van der Waals surface area (Å²) in [5, 5.41) is 3.81. The summed E-state index contributed by atoms with van der Waals surface area (Å²) >= 11 is 0. The van der Waals surface area contributed by atoms with Crippen LogP contribution in [-0.4, -0.2) is 37.1 Å². The summed E-state index contributed by atoms with van der Waals surface area (Å²) in [7, 11) is 0. The van der Waals surface area contributed by atoms with Gasteiger partial charge in [0.05, 0.1) is 0 Å². The first-order valence-corrected chi connectivity index (χ1v) is 8.54. The number of hydrogen-bond acceptors (Lipinski definition) is 2. The minimum Gasteiger partial charge on any atom is -0.313 e. The van der Waals surface area contributed by atoms with Crippen LogP contribution in [-0.2, 0) is 5.41 Å².